The summed E-state index contributed by atoms with van der Waals surface area (Å²) in [4.78, 5) is 24.2. The Morgan fingerprint density at radius 2 is 1.95 bits per heavy atom. The van der Waals surface area contributed by atoms with Crippen molar-refractivity contribution in [2.24, 2.45) is 4.99 Å². The Kier molecular flexibility index (Phi) is 5.99. The molecule has 0 unspecified atom stereocenters. The second-order valence-electron chi connectivity index (χ2n) is 4.35. The summed E-state index contributed by atoms with van der Waals surface area (Å²) in [5, 5.41) is 0. The maximum atomic E-state index is 11.9. The van der Waals surface area contributed by atoms with Gasteiger partial charge in [-0.1, -0.05) is 6.07 Å². The van der Waals surface area contributed by atoms with E-state index in [2.05, 4.69) is 28.7 Å². The van der Waals surface area contributed by atoms with Crippen molar-refractivity contribution in [2.75, 3.05) is 27.2 Å². The Balaban J connectivity index is 2.98. The van der Waals surface area contributed by atoms with Gasteiger partial charge in [0.2, 0.25) is 5.91 Å². The minimum Gasteiger partial charge on any atom is -0.360 e. The molecule has 5 nitrogen and oxygen atoms in total. The van der Waals surface area contributed by atoms with E-state index in [-0.39, 0.29) is 5.91 Å². The molecule has 1 heterocycles. The van der Waals surface area contributed by atoms with Gasteiger partial charge in [0.05, 0.1) is 6.42 Å². The number of rotatable bonds is 5. The van der Waals surface area contributed by atoms with Crippen LogP contribution in [0.4, 0.5) is 5.82 Å². The van der Waals surface area contributed by atoms with E-state index in [4.69, 9.17) is 0 Å². The summed E-state index contributed by atoms with van der Waals surface area (Å²) in [7, 11) is 3.51. The van der Waals surface area contributed by atoms with Crippen molar-refractivity contribution in [1.82, 2.24) is 14.8 Å². The number of pyridine rings is 1. The number of aromatic nitrogens is 1. The molecule has 1 aromatic rings. The summed E-state index contributed by atoms with van der Waals surface area (Å²) in [6.45, 7) is 5.75. The van der Waals surface area contributed by atoms with E-state index >= 15 is 0 Å². The minimum atomic E-state index is 0.0431. The molecule has 0 aliphatic heterocycles. The Morgan fingerprint density at radius 3 is 2.42 bits per heavy atom. The maximum absolute atomic E-state index is 11.9. The lowest BCUT2D eigenvalue weighted by Crippen LogP contribution is -2.35. The summed E-state index contributed by atoms with van der Waals surface area (Å²) >= 11 is 0. The first-order valence-corrected chi connectivity index (χ1v) is 6.52. The third-order valence-corrected chi connectivity index (χ3v) is 2.83. The first-order valence-electron chi connectivity index (χ1n) is 6.52. The Labute approximate surface area is 115 Å². The number of carbonyl (C=O) groups excluding carboxylic acids is 1. The van der Waals surface area contributed by atoms with E-state index in [1.54, 1.807) is 25.2 Å². The van der Waals surface area contributed by atoms with E-state index < -0.39 is 0 Å². The van der Waals surface area contributed by atoms with E-state index in [0.717, 1.165) is 18.9 Å². The lowest BCUT2D eigenvalue weighted by atomic mass is 10.3. The number of carbonyl (C=O) groups is 1. The Morgan fingerprint density at radius 1 is 1.26 bits per heavy atom. The zero-order valence-corrected chi connectivity index (χ0v) is 12.1. The van der Waals surface area contributed by atoms with Crippen LogP contribution >= 0.6 is 0 Å². The molecule has 19 heavy (non-hydrogen) atoms. The molecule has 0 spiro atoms. The van der Waals surface area contributed by atoms with Crippen LogP contribution in [0.5, 0.6) is 0 Å². The molecule has 0 aromatic carbocycles. The second-order valence-corrected chi connectivity index (χ2v) is 4.35. The number of nitrogens with zero attached hydrogens (tertiary/aromatic N) is 4. The van der Waals surface area contributed by atoms with Gasteiger partial charge >= 0.3 is 0 Å². The SMILES string of the molecule is CCN(CC)/C(CC(=O)N(C)C)=N/c1ccccn1. The molecule has 1 rings (SSSR count). The molecule has 0 N–H and O–H groups in total. The predicted molar refractivity (Wildman–Crippen MR) is 77.6 cm³/mol. The molecule has 5 heteroatoms. The van der Waals surface area contributed by atoms with E-state index in [1.807, 2.05) is 18.2 Å². The van der Waals surface area contributed by atoms with Gasteiger partial charge in [0.1, 0.15) is 5.84 Å². The second kappa shape index (κ2) is 7.51. The highest BCUT2D eigenvalue weighted by Gasteiger charge is 2.14. The lowest BCUT2D eigenvalue weighted by Gasteiger charge is -2.23. The first-order chi connectivity index (χ1) is 9.08. The van der Waals surface area contributed by atoms with Crippen LogP contribution in [0, 0.1) is 0 Å². The fourth-order valence-electron chi connectivity index (χ4n) is 1.66. The van der Waals surface area contributed by atoms with Crippen molar-refractivity contribution >= 4 is 17.6 Å². The van der Waals surface area contributed by atoms with Crippen molar-refractivity contribution in [2.45, 2.75) is 20.3 Å². The molecule has 1 aromatic heterocycles. The number of hydrogen-bond acceptors (Lipinski definition) is 3. The zero-order chi connectivity index (χ0) is 14.3. The molecule has 0 fully saturated rings. The molecule has 0 saturated carbocycles. The summed E-state index contributed by atoms with van der Waals surface area (Å²) in [6, 6.07) is 5.57. The number of amides is 1. The van der Waals surface area contributed by atoms with Crippen molar-refractivity contribution in [3.8, 4) is 0 Å². The first kappa shape index (κ1) is 15.1. The van der Waals surface area contributed by atoms with E-state index in [1.165, 1.54) is 0 Å². The highest BCUT2D eigenvalue weighted by molar-refractivity contribution is 6.00. The third kappa shape index (κ3) is 4.69. The number of aliphatic imine (C=N–C) groups is 1. The highest BCUT2D eigenvalue weighted by Crippen LogP contribution is 2.10. The average Bonchev–Trinajstić information content (AvgIpc) is 2.41. The molecule has 0 radical (unpaired) electrons. The summed E-state index contributed by atoms with van der Waals surface area (Å²) in [5.74, 6) is 1.44. The van der Waals surface area contributed by atoms with Crippen LogP contribution < -0.4 is 0 Å². The van der Waals surface area contributed by atoms with Gasteiger partial charge in [-0.05, 0) is 26.0 Å². The summed E-state index contributed by atoms with van der Waals surface area (Å²) < 4.78 is 0. The van der Waals surface area contributed by atoms with Crippen LogP contribution in [-0.2, 0) is 4.79 Å². The molecule has 104 valence electrons. The van der Waals surface area contributed by atoms with Crippen molar-refractivity contribution in [1.29, 1.82) is 0 Å². The average molecular weight is 262 g/mol. The third-order valence-electron chi connectivity index (χ3n) is 2.83. The molecule has 0 saturated heterocycles. The molecular weight excluding hydrogens is 240 g/mol. The topological polar surface area (TPSA) is 48.8 Å². The van der Waals surface area contributed by atoms with Crippen LogP contribution in [0.15, 0.2) is 29.4 Å². The lowest BCUT2D eigenvalue weighted by molar-refractivity contribution is -0.127. The minimum absolute atomic E-state index is 0.0431. The van der Waals surface area contributed by atoms with E-state index in [0.29, 0.717) is 12.2 Å². The fourth-order valence-corrected chi connectivity index (χ4v) is 1.66. The van der Waals surface area contributed by atoms with Gasteiger partial charge in [-0.15, -0.1) is 0 Å². The highest BCUT2D eigenvalue weighted by atomic mass is 16.2. The smallest absolute Gasteiger partial charge is 0.229 e. The number of hydrogen-bond donors (Lipinski definition) is 0. The van der Waals surface area contributed by atoms with Crippen LogP contribution in [0.2, 0.25) is 0 Å². The van der Waals surface area contributed by atoms with Crippen LogP contribution in [-0.4, -0.2) is 53.7 Å². The van der Waals surface area contributed by atoms with Gasteiger partial charge in [0.15, 0.2) is 5.82 Å². The zero-order valence-electron chi connectivity index (χ0n) is 12.1. The Hall–Kier alpha value is -1.91. The monoisotopic (exact) mass is 262 g/mol. The molecular formula is C14H22N4O. The van der Waals surface area contributed by atoms with Gasteiger partial charge in [-0.2, -0.15) is 0 Å². The van der Waals surface area contributed by atoms with Gasteiger partial charge in [0, 0.05) is 33.4 Å². The molecule has 0 bridgehead atoms. The summed E-state index contributed by atoms with van der Waals surface area (Å²) in [6.07, 6.45) is 2.00. The quantitative estimate of drug-likeness (QED) is 0.602. The molecule has 0 aliphatic rings. The maximum Gasteiger partial charge on any atom is 0.229 e. The predicted octanol–water partition coefficient (Wildman–Crippen LogP) is 1.93. The molecule has 0 aliphatic carbocycles. The van der Waals surface area contributed by atoms with Crippen molar-refractivity contribution in [3.63, 3.8) is 0 Å². The van der Waals surface area contributed by atoms with Crippen molar-refractivity contribution < 1.29 is 4.79 Å². The normalized spacial score (nSPS) is 11.3. The standard InChI is InChI=1S/C14H22N4O/c1-5-18(6-2)13(11-14(19)17(3)4)16-12-9-7-8-10-15-12/h7-10H,5-6,11H2,1-4H3/b16-13+. The summed E-state index contributed by atoms with van der Waals surface area (Å²) in [5.41, 5.74) is 0. The Bertz CT molecular complexity index is 424. The van der Waals surface area contributed by atoms with Crippen LogP contribution in [0.1, 0.15) is 20.3 Å². The van der Waals surface area contributed by atoms with Gasteiger partial charge < -0.3 is 9.80 Å². The van der Waals surface area contributed by atoms with E-state index in [9.17, 15) is 4.79 Å². The van der Waals surface area contributed by atoms with Crippen LogP contribution in [0.3, 0.4) is 0 Å². The molecule has 1 amide bonds. The van der Waals surface area contributed by atoms with Gasteiger partial charge in [0.25, 0.3) is 0 Å². The van der Waals surface area contributed by atoms with Crippen molar-refractivity contribution in [3.05, 3.63) is 24.4 Å². The largest absolute Gasteiger partial charge is 0.360 e. The fraction of sp³-hybridized carbons (Fsp3) is 0.500. The van der Waals surface area contributed by atoms with Crippen LogP contribution in [0.25, 0.3) is 0 Å². The van der Waals surface area contributed by atoms with Gasteiger partial charge in [-0.25, -0.2) is 9.98 Å². The number of amidine groups is 1. The molecule has 0 atom stereocenters. The van der Waals surface area contributed by atoms with Gasteiger partial charge in [-0.3, -0.25) is 4.79 Å².